The maximum absolute atomic E-state index is 12.4. The van der Waals surface area contributed by atoms with Crippen molar-refractivity contribution in [2.24, 2.45) is 5.92 Å². The minimum Gasteiger partial charge on any atom is -0.326 e. The quantitative estimate of drug-likeness (QED) is 0.911. The molecule has 0 spiro atoms. The second-order valence-electron chi connectivity index (χ2n) is 5.81. The average Bonchev–Trinajstić information content (AvgIpc) is 2.63. The van der Waals surface area contributed by atoms with Gasteiger partial charge in [-0.1, -0.05) is 18.2 Å². The van der Waals surface area contributed by atoms with Crippen molar-refractivity contribution in [1.29, 1.82) is 0 Å². The number of aromatic nitrogens is 1. The first-order chi connectivity index (χ1) is 11.7. The van der Waals surface area contributed by atoms with Crippen LogP contribution in [0.1, 0.15) is 12.8 Å². The number of anilines is 2. The van der Waals surface area contributed by atoms with Gasteiger partial charge in [0.2, 0.25) is 5.91 Å². The van der Waals surface area contributed by atoms with E-state index in [1.54, 1.807) is 29.4 Å². The van der Waals surface area contributed by atoms with Crippen LogP contribution in [0.15, 0.2) is 54.9 Å². The molecule has 0 bridgehead atoms. The first-order valence-electron chi connectivity index (χ1n) is 8.04. The summed E-state index contributed by atoms with van der Waals surface area (Å²) in [7, 11) is 0. The summed E-state index contributed by atoms with van der Waals surface area (Å²) >= 11 is 0. The van der Waals surface area contributed by atoms with Crippen molar-refractivity contribution in [2.45, 2.75) is 12.8 Å². The van der Waals surface area contributed by atoms with Gasteiger partial charge in [-0.2, -0.15) is 0 Å². The molecule has 1 atom stereocenters. The lowest BCUT2D eigenvalue weighted by Crippen LogP contribution is -2.45. The van der Waals surface area contributed by atoms with Gasteiger partial charge in [0, 0.05) is 36.9 Å². The molecule has 2 aromatic rings. The molecule has 124 valence electrons. The molecule has 0 aliphatic carbocycles. The Balaban J connectivity index is 1.57. The highest BCUT2D eigenvalue weighted by Gasteiger charge is 2.28. The Kier molecular flexibility index (Phi) is 5.05. The van der Waals surface area contributed by atoms with Crippen molar-refractivity contribution in [2.75, 3.05) is 23.7 Å². The summed E-state index contributed by atoms with van der Waals surface area (Å²) < 4.78 is 0. The van der Waals surface area contributed by atoms with Gasteiger partial charge in [-0.3, -0.25) is 9.78 Å². The Morgan fingerprint density at radius 3 is 2.46 bits per heavy atom. The van der Waals surface area contributed by atoms with Crippen molar-refractivity contribution < 1.29 is 9.59 Å². The number of piperidine rings is 1. The lowest BCUT2D eigenvalue weighted by Gasteiger charge is -2.32. The fraction of sp³-hybridized carbons (Fsp3) is 0.278. The highest BCUT2D eigenvalue weighted by atomic mass is 16.2. The standard InChI is InChI=1S/C18H20N4O2/c23-17(20-15-6-2-1-3-7-15)14-5-4-12-22(13-14)18(24)21-16-8-10-19-11-9-16/h1-3,6-11,14H,4-5,12-13H2,(H,20,23)(H,19,21,24). The number of amides is 3. The third kappa shape index (κ3) is 4.10. The molecular formula is C18H20N4O2. The third-order valence-electron chi connectivity index (χ3n) is 4.05. The van der Waals surface area contributed by atoms with Crippen LogP contribution in [-0.4, -0.2) is 34.9 Å². The summed E-state index contributed by atoms with van der Waals surface area (Å²) in [5, 5.41) is 5.75. The SMILES string of the molecule is O=C(Nc1ccccc1)C1CCCN(C(=O)Nc2ccncc2)C1. The van der Waals surface area contributed by atoms with Gasteiger partial charge in [0.1, 0.15) is 0 Å². The summed E-state index contributed by atoms with van der Waals surface area (Å²) in [5.74, 6) is -0.232. The predicted molar refractivity (Wildman–Crippen MR) is 92.6 cm³/mol. The van der Waals surface area contributed by atoms with Crippen molar-refractivity contribution in [3.05, 3.63) is 54.9 Å². The van der Waals surface area contributed by atoms with Crippen molar-refractivity contribution in [3.8, 4) is 0 Å². The second kappa shape index (κ2) is 7.59. The van der Waals surface area contributed by atoms with Crippen LogP contribution < -0.4 is 10.6 Å². The third-order valence-corrected chi connectivity index (χ3v) is 4.05. The first kappa shape index (κ1) is 16.0. The van der Waals surface area contributed by atoms with E-state index in [9.17, 15) is 9.59 Å². The largest absolute Gasteiger partial charge is 0.326 e. The Bertz CT molecular complexity index is 631. The summed E-state index contributed by atoms with van der Waals surface area (Å²) in [6.07, 6.45) is 4.86. The number of urea groups is 1. The number of hydrogen-bond donors (Lipinski definition) is 2. The van der Waals surface area contributed by atoms with Crippen molar-refractivity contribution >= 4 is 23.3 Å². The molecule has 1 aliphatic rings. The summed E-state index contributed by atoms with van der Waals surface area (Å²) in [6, 6.07) is 12.7. The van der Waals surface area contributed by atoms with Crippen LogP contribution in [0, 0.1) is 5.92 Å². The summed E-state index contributed by atoms with van der Waals surface area (Å²) in [6.45, 7) is 1.08. The number of carbonyl (C=O) groups is 2. The van der Waals surface area contributed by atoms with Gasteiger partial charge in [0.25, 0.3) is 0 Å². The zero-order chi connectivity index (χ0) is 16.8. The van der Waals surface area contributed by atoms with E-state index >= 15 is 0 Å². The van der Waals surface area contributed by atoms with Gasteiger partial charge in [-0.15, -0.1) is 0 Å². The zero-order valence-corrected chi connectivity index (χ0v) is 13.3. The van der Waals surface area contributed by atoms with Crippen LogP contribution in [0.25, 0.3) is 0 Å². The lowest BCUT2D eigenvalue weighted by atomic mass is 9.97. The Morgan fingerprint density at radius 2 is 1.71 bits per heavy atom. The molecule has 24 heavy (non-hydrogen) atoms. The van der Waals surface area contributed by atoms with Gasteiger partial charge in [-0.05, 0) is 37.1 Å². The molecule has 1 aliphatic heterocycles. The number of nitrogens with zero attached hydrogens (tertiary/aromatic N) is 2. The average molecular weight is 324 g/mol. The van der Waals surface area contributed by atoms with Crippen molar-refractivity contribution in [3.63, 3.8) is 0 Å². The molecule has 1 saturated heterocycles. The molecule has 1 aromatic heterocycles. The molecule has 6 heteroatoms. The van der Waals surface area contributed by atoms with Crippen molar-refractivity contribution in [1.82, 2.24) is 9.88 Å². The molecule has 6 nitrogen and oxygen atoms in total. The van der Waals surface area contributed by atoms with E-state index in [0.717, 1.165) is 18.5 Å². The molecule has 3 rings (SSSR count). The number of rotatable bonds is 3. The highest BCUT2D eigenvalue weighted by molar-refractivity contribution is 5.94. The van der Waals surface area contributed by atoms with Crippen LogP contribution in [0.5, 0.6) is 0 Å². The molecule has 1 fully saturated rings. The zero-order valence-electron chi connectivity index (χ0n) is 13.3. The van der Waals surface area contributed by atoms with E-state index in [4.69, 9.17) is 0 Å². The van der Waals surface area contributed by atoms with E-state index in [-0.39, 0.29) is 17.9 Å². The topological polar surface area (TPSA) is 74.3 Å². The predicted octanol–water partition coefficient (Wildman–Crippen LogP) is 2.96. The van der Waals surface area contributed by atoms with Gasteiger partial charge in [0.15, 0.2) is 0 Å². The monoisotopic (exact) mass is 324 g/mol. The van der Waals surface area contributed by atoms with E-state index in [0.29, 0.717) is 18.8 Å². The maximum Gasteiger partial charge on any atom is 0.321 e. The van der Waals surface area contributed by atoms with E-state index in [1.807, 2.05) is 30.3 Å². The van der Waals surface area contributed by atoms with Crippen LogP contribution in [-0.2, 0) is 4.79 Å². The summed E-state index contributed by atoms with van der Waals surface area (Å²) in [4.78, 5) is 30.4. The minimum absolute atomic E-state index is 0.0392. The molecule has 3 amide bonds. The fourth-order valence-electron chi connectivity index (χ4n) is 2.78. The number of likely N-dealkylation sites (tertiary alicyclic amines) is 1. The summed E-state index contributed by atoms with van der Waals surface area (Å²) in [5.41, 5.74) is 1.48. The van der Waals surface area contributed by atoms with Gasteiger partial charge in [0.05, 0.1) is 5.92 Å². The molecular weight excluding hydrogens is 304 g/mol. The van der Waals surface area contributed by atoms with Gasteiger partial charge >= 0.3 is 6.03 Å². The maximum atomic E-state index is 12.4. The normalized spacial score (nSPS) is 17.2. The number of pyridine rings is 1. The molecule has 1 aromatic carbocycles. The number of benzene rings is 1. The van der Waals surface area contributed by atoms with Crippen LogP contribution in [0.3, 0.4) is 0 Å². The van der Waals surface area contributed by atoms with E-state index < -0.39 is 0 Å². The molecule has 2 N–H and O–H groups in total. The molecule has 2 heterocycles. The Morgan fingerprint density at radius 1 is 1.00 bits per heavy atom. The van der Waals surface area contributed by atoms with Crippen LogP contribution in [0.2, 0.25) is 0 Å². The van der Waals surface area contributed by atoms with E-state index in [1.165, 1.54) is 0 Å². The molecule has 1 unspecified atom stereocenters. The number of hydrogen-bond acceptors (Lipinski definition) is 3. The van der Waals surface area contributed by atoms with E-state index in [2.05, 4.69) is 15.6 Å². The van der Waals surface area contributed by atoms with Gasteiger partial charge in [-0.25, -0.2) is 4.79 Å². The lowest BCUT2D eigenvalue weighted by molar-refractivity contribution is -0.121. The number of nitrogens with one attached hydrogen (secondary N) is 2. The fourth-order valence-corrected chi connectivity index (χ4v) is 2.78. The van der Waals surface area contributed by atoms with Crippen LogP contribution in [0.4, 0.5) is 16.2 Å². The highest BCUT2D eigenvalue weighted by Crippen LogP contribution is 2.19. The Hall–Kier alpha value is -2.89. The smallest absolute Gasteiger partial charge is 0.321 e. The Labute approximate surface area is 140 Å². The molecule has 0 saturated carbocycles. The van der Waals surface area contributed by atoms with Crippen LogP contribution >= 0.6 is 0 Å². The number of carbonyl (C=O) groups excluding carboxylic acids is 2. The minimum atomic E-state index is -0.192. The first-order valence-corrected chi connectivity index (χ1v) is 8.04. The van der Waals surface area contributed by atoms with Gasteiger partial charge < -0.3 is 15.5 Å². The second-order valence-corrected chi connectivity index (χ2v) is 5.81. The number of para-hydroxylation sites is 1. The molecule has 0 radical (unpaired) electrons.